The predicted molar refractivity (Wildman–Crippen MR) is 75.3 cm³/mol. The first-order valence-electron chi connectivity index (χ1n) is 5.56. The first-order valence-corrected chi connectivity index (χ1v) is 8.20. The number of nitrogens with one attached hydrogen (secondary N) is 1. The van der Waals surface area contributed by atoms with Crippen LogP contribution in [0.3, 0.4) is 0 Å². The molecule has 7 heteroatoms. The van der Waals surface area contributed by atoms with Crippen molar-refractivity contribution in [1.82, 2.24) is 0 Å². The number of benzene rings is 1. The summed E-state index contributed by atoms with van der Waals surface area (Å²) in [7, 11) is -3.24. The largest absolute Gasteiger partial charge is 0.326 e. The van der Waals surface area contributed by atoms with Crippen molar-refractivity contribution >= 4 is 44.6 Å². The van der Waals surface area contributed by atoms with Gasteiger partial charge in [0, 0.05) is 11.9 Å². The van der Waals surface area contributed by atoms with Gasteiger partial charge in [0.05, 0.1) is 10.3 Å². The standard InChI is InChI=1S/C12H13Cl2NO3S/c1-11(7-12(11,13)14)10(16)15-8-3-5-9(6-4-8)19(2,17)18/h3-6H,7H2,1-2H3,(H,15,16). The summed E-state index contributed by atoms with van der Waals surface area (Å²) >= 11 is 11.8. The lowest BCUT2D eigenvalue weighted by molar-refractivity contribution is -0.120. The molecule has 0 aromatic heterocycles. The van der Waals surface area contributed by atoms with E-state index in [0.717, 1.165) is 6.26 Å². The van der Waals surface area contributed by atoms with Crippen LogP contribution in [-0.2, 0) is 14.6 Å². The van der Waals surface area contributed by atoms with Crippen molar-refractivity contribution in [3.63, 3.8) is 0 Å². The normalized spacial score (nSPS) is 24.8. The number of rotatable bonds is 3. The highest BCUT2D eigenvalue weighted by Gasteiger charge is 2.67. The lowest BCUT2D eigenvalue weighted by Gasteiger charge is -2.12. The quantitative estimate of drug-likeness (QED) is 0.870. The first-order chi connectivity index (χ1) is 8.56. The van der Waals surface area contributed by atoms with E-state index in [9.17, 15) is 13.2 Å². The van der Waals surface area contributed by atoms with Gasteiger partial charge in [0.15, 0.2) is 9.84 Å². The van der Waals surface area contributed by atoms with E-state index in [1.807, 2.05) is 0 Å². The lowest BCUT2D eigenvalue weighted by atomic mass is 10.1. The summed E-state index contributed by atoms with van der Waals surface area (Å²) in [6.45, 7) is 1.69. The maximum Gasteiger partial charge on any atom is 0.233 e. The number of hydrogen-bond acceptors (Lipinski definition) is 3. The number of alkyl halides is 2. The molecule has 0 spiro atoms. The maximum atomic E-state index is 12.0. The van der Waals surface area contributed by atoms with Gasteiger partial charge >= 0.3 is 0 Å². The van der Waals surface area contributed by atoms with Gasteiger partial charge in [0.1, 0.15) is 4.33 Å². The number of amides is 1. The molecular formula is C12H13Cl2NO3S. The van der Waals surface area contributed by atoms with E-state index >= 15 is 0 Å². The van der Waals surface area contributed by atoms with Crippen LogP contribution >= 0.6 is 23.2 Å². The minimum absolute atomic E-state index is 0.201. The number of carbonyl (C=O) groups excluding carboxylic acids is 1. The van der Waals surface area contributed by atoms with Crippen molar-refractivity contribution in [3.05, 3.63) is 24.3 Å². The van der Waals surface area contributed by atoms with Crippen molar-refractivity contribution in [2.45, 2.75) is 22.6 Å². The molecular weight excluding hydrogens is 309 g/mol. The zero-order valence-electron chi connectivity index (χ0n) is 10.4. The van der Waals surface area contributed by atoms with Gasteiger partial charge in [0.2, 0.25) is 5.91 Å². The summed E-state index contributed by atoms with van der Waals surface area (Å²) in [5.74, 6) is -0.274. The van der Waals surface area contributed by atoms with Crippen LogP contribution in [0.5, 0.6) is 0 Å². The van der Waals surface area contributed by atoms with E-state index in [4.69, 9.17) is 23.2 Å². The van der Waals surface area contributed by atoms with Gasteiger partial charge in [-0.2, -0.15) is 0 Å². The molecule has 1 atom stereocenters. The molecule has 1 aliphatic rings. The number of hydrogen-bond donors (Lipinski definition) is 1. The fourth-order valence-electron chi connectivity index (χ4n) is 1.70. The monoisotopic (exact) mass is 321 g/mol. The molecule has 1 N–H and O–H groups in total. The van der Waals surface area contributed by atoms with Crippen LogP contribution in [0.1, 0.15) is 13.3 Å². The number of anilines is 1. The van der Waals surface area contributed by atoms with Gasteiger partial charge in [-0.1, -0.05) is 0 Å². The summed E-state index contributed by atoms with van der Waals surface area (Å²) in [5.41, 5.74) is -0.291. The van der Waals surface area contributed by atoms with Gasteiger partial charge < -0.3 is 5.32 Å². The van der Waals surface area contributed by atoms with Gasteiger partial charge in [-0.15, -0.1) is 23.2 Å². The molecule has 0 aliphatic heterocycles. The van der Waals surface area contributed by atoms with Crippen LogP contribution in [0, 0.1) is 5.41 Å². The first kappa shape index (κ1) is 14.6. The van der Waals surface area contributed by atoms with Crippen LogP contribution in [0.2, 0.25) is 0 Å². The van der Waals surface area contributed by atoms with Gasteiger partial charge in [-0.05, 0) is 37.6 Å². The average Bonchev–Trinajstić information content (AvgIpc) is 2.79. The highest BCUT2D eigenvalue weighted by Crippen LogP contribution is 2.64. The van der Waals surface area contributed by atoms with Crippen molar-refractivity contribution < 1.29 is 13.2 Å². The molecule has 1 amide bonds. The third-order valence-corrected chi connectivity index (χ3v) is 5.53. The Morgan fingerprint density at radius 1 is 1.26 bits per heavy atom. The van der Waals surface area contributed by atoms with Gasteiger partial charge in [-0.3, -0.25) is 4.79 Å². The molecule has 1 aromatic rings. The van der Waals surface area contributed by atoms with E-state index in [-0.39, 0.29) is 10.8 Å². The SMILES string of the molecule is CC1(C(=O)Nc2ccc(S(C)(=O)=O)cc2)CC1(Cl)Cl. The summed E-state index contributed by atoms with van der Waals surface area (Å²) < 4.78 is 21.6. The molecule has 1 aliphatic carbocycles. The molecule has 1 saturated carbocycles. The fraction of sp³-hybridized carbons (Fsp3) is 0.417. The summed E-state index contributed by atoms with van der Waals surface area (Å²) in [4.78, 5) is 12.2. The molecule has 1 aromatic carbocycles. The maximum absolute atomic E-state index is 12.0. The van der Waals surface area contributed by atoms with Crippen LogP contribution < -0.4 is 5.32 Å². The molecule has 1 unspecified atom stereocenters. The molecule has 4 nitrogen and oxygen atoms in total. The highest BCUT2D eigenvalue weighted by molar-refractivity contribution is 7.90. The zero-order valence-corrected chi connectivity index (χ0v) is 12.7. The van der Waals surface area contributed by atoms with Gasteiger partial charge in [0.25, 0.3) is 0 Å². The lowest BCUT2D eigenvalue weighted by Crippen LogP contribution is -2.25. The Kier molecular flexibility index (Phi) is 3.36. The van der Waals surface area contributed by atoms with E-state index < -0.39 is 19.6 Å². The smallest absolute Gasteiger partial charge is 0.233 e. The van der Waals surface area contributed by atoms with Crippen LogP contribution in [0.25, 0.3) is 0 Å². The molecule has 0 saturated heterocycles. The Labute approximate surface area is 122 Å². The second kappa shape index (κ2) is 4.36. The molecule has 0 radical (unpaired) electrons. The minimum Gasteiger partial charge on any atom is -0.326 e. The Balaban J connectivity index is 2.12. The summed E-state index contributed by atoms with van der Waals surface area (Å²) in [6.07, 6.45) is 1.53. The van der Waals surface area contributed by atoms with Crippen LogP contribution in [0.4, 0.5) is 5.69 Å². The second-order valence-electron chi connectivity index (χ2n) is 4.96. The molecule has 0 heterocycles. The number of sulfone groups is 1. The van der Waals surface area contributed by atoms with Crippen molar-refractivity contribution in [1.29, 1.82) is 0 Å². The summed E-state index contributed by atoms with van der Waals surface area (Å²) in [5, 5.41) is 2.68. The van der Waals surface area contributed by atoms with Crippen molar-refractivity contribution in [3.8, 4) is 0 Å². The van der Waals surface area contributed by atoms with E-state index in [2.05, 4.69) is 5.32 Å². The Morgan fingerprint density at radius 2 is 1.74 bits per heavy atom. The average molecular weight is 322 g/mol. The van der Waals surface area contributed by atoms with Crippen molar-refractivity contribution in [2.75, 3.05) is 11.6 Å². The van der Waals surface area contributed by atoms with Crippen LogP contribution in [0.15, 0.2) is 29.2 Å². The molecule has 1 fully saturated rings. The second-order valence-corrected chi connectivity index (χ2v) is 8.46. The van der Waals surface area contributed by atoms with E-state index in [1.54, 1.807) is 6.92 Å². The molecule has 2 rings (SSSR count). The van der Waals surface area contributed by atoms with Gasteiger partial charge in [-0.25, -0.2) is 8.42 Å². The summed E-state index contributed by atoms with van der Waals surface area (Å²) in [6, 6.07) is 5.94. The molecule has 0 bridgehead atoms. The number of halogens is 2. The van der Waals surface area contributed by atoms with E-state index in [0.29, 0.717) is 12.1 Å². The van der Waals surface area contributed by atoms with Crippen molar-refractivity contribution in [2.24, 2.45) is 5.41 Å². The predicted octanol–water partition coefficient (Wildman–Crippen LogP) is 2.61. The Bertz CT molecular complexity index is 625. The minimum atomic E-state index is -3.24. The Morgan fingerprint density at radius 3 is 2.11 bits per heavy atom. The highest BCUT2D eigenvalue weighted by atomic mass is 35.5. The fourth-order valence-corrected chi connectivity index (χ4v) is 3.04. The number of carbonyl (C=O) groups is 1. The van der Waals surface area contributed by atoms with Crippen LogP contribution in [-0.4, -0.2) is 24.9 Å². The topological polar surface area (TPSA) is 63.2 Å². The molecule has 104 valence electrons. The Hall–Kier alpha value is -0.780. The third kappa shape index (κ3) is 2.73. The van der Waals surface area contributed by atoms with E-state index in [1.165, 1.54) is 24.3 Å². The molecule has 19 heavy (non-hydrogen) atoms. The zero-order chi connectivity index (χ0) is 14.5. The third-order valence-electron chi connectivity index (χ3n) is 3.30.